The van der Waals surface area contributed by atoms with Crippen LogP contribution in [0.1, 0.15) is 23.0 Å². The van der Waals surface area contributed by atoms with Crippen molar-refractivity contribution in [2.75, 3.05) is 12.4 Å². The predicted octanol–water partition coefficient (Wildman–Crippen LogP) is 3.24. The highest BCUT2D eigenvalue weighted by molar-refractivity contribution is 6.30. The Morgan fingerprint density at radius 2 is 2.00 bits per heavy atom. The standard InChI is InChI=1S/C17H17ClN2O4/c1-10-4-5-15(23-3)13(8-10)20-16(21)11(2)24-17(22)14-9-12(18)6-7-19-14/h4-9,11H,1-3H3,(H,20,21)/t11-/m0/s1. The van der Waals surface area contributed by atoms with Crippen LogP contribution in [0.15, 0.2) is 36.5 Å². The van der Waals surface area contributed by atoms with Crippen LogP contribution >= 0.6 is 11.6 Å². The number of nitrogens with zero attached hydrogens (tertiary/aromatic N) is 1. The van der Waals surface area contributed by atoms with Crippen LogP contribution in [-0.2, 0) is 9.53 Å². The van der Waals surface area contributed by atoms with E-state index >= 15 is 0 Å². The number of hydrogen-bond donors (Lipinski definition) is 1. The number of carbonyl (C=O) groups is 2. The minimum absolute atomic E-state index is 0.0373. The number of esters is 1. The molecule has 1 aromatic carbocycles. The van der Waals surface area contributed by atoms with Gasteiger partial charge in [0.15, 0.2) is 6.10 Å². The zero-order valence-electron chi connectivity index (χ0n) is 13.5. The van der Waals surface area contributed by atoms with Crippen molar-refractivity contribution in [3.8, 4) is 5.75 Å². The molecule has 0 saturated heterocycles. The van der Waals surface area contributed by atoms with Gasteiger partial charge in [-0.3, -0.25) is 4.79 Å². The maximum atomic E-state index is 12.2. The van der Waals surface area contributed by atoms with E-state index in [0.29, 0.717) is 16.5 Å². The molecular formula is C17H17ClN2O4. The second-order valence-electron chi connectivity index (χ2n) is 5.10. The van der Waals surface area contributed by atoms with Gasteiger partial charge in [-0.05, 0) is 43.7 Å². The first-order chi connectivity index (χ1) is 11.4. The van der Waals surface area contributed by atoms with Crippen molar-refractivity contribution < 1.29 is 19.1 Å². The number of aromatic nitrogens is 1. The molecule has 0 aliphatic heterocycles. The Hall–Kier alpha value is -2.60. The molecule has 0 fully saturated rings. The summed E-state index contributed by atoms with van der Waals surface area (Å²) in [4.78, 5) is 28.1. The van der Waals surface area contributed by atoms with Crippen molar-refractivity contribution in [2.24, 2.45) is 0 Å². The third-order valence-corrected chi connectivity index (χ3v) is 3.43. The summed E-state index contributed by atoms with van der Waals surface area (Å²) in [6.07, 6.45) is 0.380. The lowest BCUT2D eigenvalue weighted by molar-refractivity contribution is -0.123. The number of halogens is 1. The lowest BCUT2D eigenvalue weighted by atomic mass is 10.2. The molecule has 0 aliphatic rings. The molecule has 7 heteroatoms. The fraction of sp³-hybridized carbons (Fsp3) is 0.235. The maximum absolute atomic E-state index is 12.2. The van der Waals surface area contributed by atoms with Crippen LogP contribution in [-0.4, -0.2) is 30.1 Å². The number of anilines is 1. The quantitative estimate of drug-likeness (QED) is 0.839. The molecule has 2 aromatic rings. The van der Waals surface area contributed by atoms with E-state index in [-0.39, 0.29) is 5.69 Å². The van der Waals surface area contributed by atoms with E-state index in [1.165, 1.54) is 26.3 Å². The first-order valence-electron chi connectivity index (χ1n) is 7.18. The molecule has 0 spiro atoms. The summed E-state index contributed by atoms with van der Waals surface area (Å²) in [6, 6.07) is 8.29. The third-order valence-electron chi connectivity index (χ3n) is 3.20. The normalized spacial score (nSPS) is 11.5. The predicted molar refractivity (Wildman–Crippen MR) is 90.5 cm³/mol. The maximum Gasteiger partial charge on any atom is 0.357 e. The molecule has 0 aliphatic carbocycles. The monoisotopic (exact) mass is 348 g/mol. The second-order valence-corrected chi connectivity index (χ2v) is 5.54. The molecule has 0 saturated carbocycles. The summed E-state index contributed by atoms with van der Waals surface area (Å²) in [5.74, 6) is -0.686. The number of ether oxygens (including phenoxy) is 2. The lowest BCUT2D eigenvalue weighted by Gasteiger charge is -2.15. The molecule has 24 heavy (non-hydrogen) atoms. The summed E-state index contributed by atoms with van der Waals surface area (Å²) in [5, 5.41) is 3.04. The molecule has 0 radical (unpaired) electrons. The van der Waals surface area contributed by atoms with Crippen LogP contribution in [0.3, 0.4) is 0 Å². The van der Waals surface area contributed by atoms with Crippen molar-refractivity contribution >= 4 is 29.2 Å². The van der Waals surface area contributed by atoms with Crippen molar-refractivity contribution in [1.29, 1.82) is 0 Å². The number of carbonyl (C=O) groups excluding carboxylic acids is 2. The fourth-order valence-corrected chi connectivity index (χ4v) is 2.10. The number of nitrogens with one attached hydrogen (secondary N) is 1. The van der Waals surface area contributed by atoms with Gasteiger partial charge in [0, 0.05) is 11.2 Å². The van der Waals surface area contributed by atoms with Gasteiger partial charge in [0.05, 0.1) is 12.8 Å². The van der Waals surface area contributed by atoms with Gasteiger partial charge < -0.3 is 14.8 Å². The van der Waals surface area contributed by atoms with E-state index in [1.807, 2.05) is 13.0 Å². The first-order valence-corrected chi connectivity index (χ1v) is 7.56. The number of methoxy groups -OCH3 is 1. The molecule has 1 N–H and O–H groups in total. The topological polar surface area (TPSA) is 77.5 Å². The summed E-state index contributed by atoms with van der Waals surface area (Å²) in [5.41, 5.74) is 1.50. The van der Waals surface area contributed by atoms with E-state index in [4.69, 9.17) is 21.1 Å². The number of hydrogen-bond acceptors (Lipinski definition) is 5. The van der Waals surface area contributed by atoms with Gasteiger partial charge in [-0.15, -0.1) is 0 Å². The molecule has 1 amide bonds. The molecule has 1 aromatic heterocycles. The van der Waals surface area contributed by atoms with Gasteiger partial charge in [-0.2, -0.15) is 0 Å². The largest absolute Gasteiger partial charge is 0.495 e. The zero-order chi connectivity index (χ0) is 17.7. The van der Waals surface area contributed by atoms with Crippen LogP contribution in [0.5, 0.6) is 5.75 Å². The van der Waals surface area contributed by atoms with Crippen LogP contribution in [0, 0.1) is 6.92 Å². The smallest absolute Gasteiger partial charge is 0.357 e. The van der Waals surface area contributed by atoms with Crippen molar-refractivity contribution in [2.45, 2.75) is 20.0 Å². The van der Waals surface area contributed by atoms with Gasteiger partial charge in [0.1, 0.15) is 11.4 Å². The molecule has 126 valence electrons. The average molecular weight is 349 g/mol. The van der Waals surface area contributed by atoms with Gasteiger partial charge in [-0.25, -0.2) is 9.78 Å². The number of amides is 1. The van der Waals surface area contributed by atoms with Gasteiger partial charge in [-0.1, -0.05) is 17.7 Å². The third kappa shape index (κ3) is 4.45. The van der Waals surface area contributed by atoms with Crippen molar-refractivity contribution in [3.63, 3.8) is 0 Å². The minimum Gasteiger partial charge on any atom is -0.495 e. The molecular weight excluding hydrogens is 332 g/mol. The van der Waals surface area contributed by atoms with Gasteiger partial charge >= 0.3 is 5.97 Å². The van der Waals surface area contributed by atoms with Crippen molar-refractivity contribution in [1.82, 2.24) is 4.98 Å². The van der Waals surface area contributed by atoms with Crippen LogP contribution < -0.4 is 10.1 Å². The van der Waals surface area contributed by atoms with E-state index in [9.17, 15) is 9.59 Å². The SMILES string of the molecule is COc1ccc(C)cc1NC(=O)[C@H](C)OC(=O)c1cc(Cl)ccn1. The molecule has 1 atom stereocenters. The number of rotatable bonds is 5. The minimum atomic E-state index is -1.01. The number of aryl methyl sites for hydroxylation is 1. The Labute approximate surface area is 144 Å². The van der Waals surface area contributed by atoms with Crippen LogP contribution in [0.4, 0.5) is 5.69 Å². The lowest BCUT2D eigenvalue weighted by Crippen LogP contribution is -2.30. The second kappa shape index (κ2) is 7.79. The molecule has 2 rings (SSSR count). The number of benzene rings is 1. The molecule has 0 bridgehead atoms. The molecule has 6 nitrogen and oxygen atoms in total. The van der Waals surface area contributed by atoms with E-state index in [0.717, 1.165) is 5.56 Å². The Balaban J connectivity index is 2.05. The Kier molecular flexibility index (Phi) is 5.76. The number of pyridine rings is 1. The van der Waals surface area contributed by atoms with Crippen molar-refractivity contribution in [3.05, 3.63) is 52.8 Å². The average Bonchev–Trinajstić information content (AvgIpc) is 2.55. The molecule has 1 heterocycles. The Bertz CT molecular complexity index is 764. The van der Waals surface area contributed by atoms with Gasteiger partial charge in [0.2, 0.25) is 0 Å². The van der Waals surface area contributed by atoms with Crippen LogP contribution in [0.2, 0.25) is 5.02 Å². The highest BCUT2D eigenvalue weighted by Gasteiger charge is 2.21. The van der Waals surface area contributed by atoms with E-state index < -0.39 is 18.0 Å². The fourth-order valence-electron chi connectivity index (χ4n) is 1.94. The zero-order valence-corrected chi connectivity index (χ0v) is 14.3. The molecule has 0 unspecified atom stereocenters. The summed E-state index contributed by atoms with van der Waals surface area (Å²) >= 11 is 5.80. The first kappa shape index (κ1) is 17.7. The van der Waals surface area contributed by atoms with Crippen LogP contribution in [0.25, 0.3) is 0 Å². The van der Waals surface area contributed by atoms with E-state index in [1.54, 1.807) is 18.2 Å². The van der Waals surface area contributed by atoms with E-state index in [2.05, 4.69) is 10.3 Å². The highest BCUT2D eigenvalue weighted by atomic mass is 35.5. The van der Waals surface area contributed by atoms with Gasteiger partial charge in [0.25, 0.3) is 5.91 Å². The summed E-state index contributed by atoms with van der Waals surface area (Å²) in [6.45, 7) is 3.36. The Morgan fingerprint density at radius 3 is 2.67 bits per heavy atom. The summed E-state index contributed by atoms with van der Waals surface area (Å²) < 4.78 is 10.3. The summed E-state index contributed by atoms with van der Waals surface area (Å²) in [7, 11) is 1.51. The highest BCUT2D eigenvalue weighted by Crippen LogP contribution is 2.25. The Morgan fingerprint density at radius 1 is 1.25 bits per heavy atom.